The monoisotopic (exact) mass is 366 g/mol. The molecule has 2 amide bonds. The van der Waals surface area contributed by atoms with Crippen LogP contribution in [0, 0.1) is 13.8 Å². The van der Waals surface area contributed by atoms with Gasteiger partial charge in [-0.15, -0.1) is 0 Å². The van der Waals surface area contributed by atoms with Gasteiger partial charge in [-0.05, 0) is 55.7 Å². The number of hydrogen-bond donors (Lipinski definition) is 2. The highest BCUT2D eigenvalue weighted by Gasteiger charge is 2.31. The molecule has 2 N–H and O–H groups in total. The summed E-state index contributed by atoms with van der Waals surface area (Å²) in [5.74, 6) is 0.984. The highest BCUT2D eigenvalue weighted by molar-refractivity contribution is 5.94. The Balaban J connectivity index is 1.88. The van der Waals surface area contributed by atoms with Crippen LogP contribution in [0.25, 0.3) is 0 Å². The first kappa shape index (κ1) is 18.5. The second-order valence-corrected chi connectivity index (χ2v) is 6.43. The standard InChI is InChI=1S/C21H22N2O4/c1-12-6-5-7-17(13(12)2)27-16-10-8-15(9-11-16)19-18(20(24)26-4)14(3)22-21(25)23-19/h5-11,19H,1-4H3,(H2,22,23,25). The molecule has 27 heavy (non-hydrogen) atoms. The van der Waals surface area contributed by atoms with Gasteiger partial charge in [0, 0.05) is 5.70 Å². The van der Waals surface area contributed by atoms with E-state index in [9.17, 15) is 9.59 Å². The van der Waals surface area contributed by atoms with Crippen LogP contribution < -0.4 is 15.4 Å². The second-order valence-electron chi connectivity index (χ2n) is 6.43. The molecule has 0 aromatic heterocycles. The Bertz CT molecular complexity index is 916. The molecule has 1 unspecified atom stereocenters. The summed E-state index contributed by atoms with van der Waals surface area (Å²) in [6, 6.07) is 12.2. The zero-order chi connectivity index (χ0) is 19.6. The average Bonchev–Trinajstić information content (AvgIpc) is 2.65. The molecule has 3 rings (SSSR count). The molecular weight excluding hydrogens is 344 g/mol. The van der Waals surface area contributed by atoms with E-state index < -0.39 is 12.0 Å². The van der Waals surface area contributed by atoms with E-state index in [1.165, 1.54) is 7.11 Å². The van der Waals surface area contributed by atoms with E-state index in [2.05, 4.69) is 10.6 Å². The zero-order valence-corrected chi connectivity index (χ0v) is 15.8. The maximum atomic E-state index is 12.1. The van der Waals surface area contributed by atoms with Crippen LogP contribution >= 0.6 is 0 Å². The smallest absolute Gasteiger partial charge is 0.337 e. The normalized spacial score (nSPS) is 16.4. The van der Waals surface area contributed by atoms with Crippen LogP contribution in [0.15, 0.2) is 53.7 Å². The van der Waals surface area contributed by atoms with Crippen LogP contribution in [0.4, 0.5) is 4.79 Å². The minimum atomic E-state index is -0.582. The number of esters is 1. The van der Waals surface area contributed by atoms with Crippen LogP contribution in [0.5, 0.6) is 11.5 Å². The number of amides is 2. The number of hydrogen-bond acceptors (Lipinski definition) is 4. The summed E-state index contributed by atoms with van der Waals surface area (Å²) >= 11 is 0. The Kier molecular flexibility index (Phi) is 5.16. The van der Waals surface area contributed by atoms with Crippen molar-refractivity contribution in [2.45, 2.75) is 26.8 Å². The van der Waals surface area contributed by atoms with Gasteiger partial charge in [0.05, 0.1) is 18.7 Å². The number of urea groups is 1. The van der Waals surface area contributed by atoms with E-state index in [0.717, 1.165) is 22.4 Å². The maximum absolute atomic E-state index is 12.1. The lowest BCUT2D eigenvalue weighted by Crippen LogP contribution is -2.45. The van der Waals surface area contributed by atoms with Gasteiger partial charge in [0.25, 0.3) is 0 Å². The average molecular weight is 366 g/mol. The third kappa shape index (κ3) is 3.79. The maximum Gasteiger partial charge on any atom is 0.337 e. The number of benzene rings is 2. The number of carbonyl (C=O) groups excluding carboxylic acids is 2. The van der Waals surface area contributed by atoms with Gasteiger partial charge in [0.15, 0.2) is 0 Å². The van der Waals surface area contributed by atoms with Crippen LogP contribution in [-0.2, 0) is 9.53 Å². The highest BCUT2D eigenvalue weighted by Crippen LogP contribution is 2.31. The zero-order valence-electron chi connectivity index (χ0n) is 15.8. The molecule has 6 heteroatoms. The van der Waals surface area contributed by atoms with Crippen molar-refractivity contribution in [3.63, 3.8) is 0 Å². The molecule has 6 nitrogen and oxygen atoms in total. The first-order valence-corrected chi connectivity index (χ1v) is 8.61. The largest absolute Gasteiger partial charge is 0.466 e. The van der Waals surface area contributed by atoms with Gasteiger partial charge in [0.2, 0.25) is 0 Å². The van der Waals surface area contributed by atoms with E-state index in [-0.39, 0.29) is 6.03 Å². The first-order chi connectivity index (χ1) is 12.9. The lowest BCUT2D eigenvalue weighted by atomic mass is 9.95. The molecule has 0 bridgehead atoms. The molecule has 1 atom stereocenters. The summed E-state index contributed by atoms with van der Waals surface area (Å²) in [6.45, 7) is 5.73. The number of rotatable bonds is 4. The summed E-state index contributed by atoms with van der Waals surface area (Å²) in [6.07, 6.45) is 0. The molecule has 1 heterocycles. The van der Waals surface area contributed by atoms with Gasteiger partial charge in [-0.2, -0.15) is 0 Å². The van der Waals surface area contributed by atoms with Crippen molar-refractivity contribution in [2.24, 2.45) is 0 Å². The third-order valence-electron chi connectivity index (χ3n) is 4.67. The lowest BCUT2D eigenvalue weighted by molar-refractivity contribution is -0.136. The molecule has 0 saturated carbocycles. The molecule has 140 valence electrons. The number of nitrogens with one attached hydrogen (secondary N) is 2. The summed E-state index contributed by atoms with van der Waals surface area (Å²) in [5.41, 5.74) is 3.85. The molecule has 0 spiro atoms. The molecule has 0 radical (unpaired) electrons. The van der Waals surface area contributed by atoms with E-state index in [4.69, 9.17) is 9.47 Å². The predicted octanol–water partition coefficient (Wildman–Crippen LogP) is 3.90. The number of ether oxygens (including phenoxy) is 2. The van der Waals surface area contributed by atoms with E-state index in [0.29, 0.717) is 17.0 Å². The van der Waals surface area contributed by atoms with Gasteiger partial charge in [-0.25, -0.2) is 9.59 Å². The summed E-state index contributed by atoms with van der Waals surface area (Å²) in [5, 5.41) is 5.37. The van der Waals surface area contributed by atoms with Crippen LogP contribution in [0.1, 0.15) is 29.7 Å². The van der Waals surface area contributed by atoms with Gasteiger partial charge < -0.3 is 20.1 Å². The van der Waals surface area contributed by atoms with Crippen LogP contribution in [0.2, 0.25) is 0 Å². The van der Waals surface area contributed by atoms with E-state index in [1.54, 1.807) is 6.92 Å². The first-order valence-electron chi connectivity index (χ1n) is 8.61. The fourth-order valence-corrected chi connectivity index (χ4v) is 3.01. The van der Waals surface area contributed by atoms with Gasteiger partial charge in [-0.3, -0.25) is 0 Å². The third-order valence-corrected chi connectivity index (χ3v) is 4.67. The topological polar surface area (TPSA) is 76.7 Å². The number of methoxy groups -OCH3 is 1. The van der Waals surface area contributed by atoms with Crippen molar-refractivity contribution >= 4 is 12.0 Å². The number of allylic oxidation sites excluding steroid dienone is 1. The Labute approximate surface area is 158 Å². The van der Waals surface area contributed by atoms with Gasteiger partial charge >= 0.3 is 12.0 Å². The van der Waals surface area contributed by atoms with Crippen LogP contribution in [0.3, 0.4) is 0 Å². The van der Waals surface area contributed by atoms with Gasteiger partial charge in [0.1, 0.15) is 11.5 Å². The van der Waals surface area contributed by atoms with Crippen molar-refractivity contribution in [1.29, 1.82) is 0 Å². The lowest BCUT2D eigenvalue weighted by Gasteiger charge is -2.27. The Hall–Kier alpha value is -3.28. The molecule has 2 aromatic carbocycles. The van der Waals surface area contributed by atoms with Gasteiger partial charge in [-0.1, -0.05) is 24.3 Å². The predicted molar refractivity (Wildman–Crippen MR) is 102 cm³/mol. The number of carbonyl (C=O) groups is 2. The Morgan fingerprint density at radius 1 is 1.04 bits per heavy atom. The Morgan fingerprint density at radius 2 is 1.74 bits per heavy atom. The minimum absolute atomic E-state index is 0.360. The molecule has 2 aromatic rings. The van der Waals surface area contributed by atoms with Crippen molar-refractivity contribution in [1.82, 2.24) is 10.6 Å². The minimum Gasteiger partial charge on any atom is -0.466 e. The van der Waals surface area contributed by atoms with Crippen molar-refractivity contribution in [3.05, 3.63) is 70.4 Å². The second kappa shape index (κ2) is 7.53. The quantitative estimate of drug-likeness (QED) is 0.805. The molecule has 0 saturated heterocycles. The molecule has 0 aliphatic carbocycles. The van der Waals surface area contributed by atoms with Crippen molar-refractivity contribution in [3.8, 4) is 11.5 Å². The van der Waals surface area contributed by atoms with Crippen molar-refractivity contribution < 1.29 is 19.1 Å². The summed E-state index contributed by atoms with van der Waals surface area (Å²) in [7, 11) is 1.32. The number of aryl methyl sites for hydroxylation is 1. The molecule has 1 aliphatic heterocycles. The van der Waals surface area contributed by atoms with E-state index >= 15 is 0 Å². The Morgan fingerprint density at radius 3 is 2.41 bits per heavy atom. The summed E-state index contributed by atoms with van der Waals surface area (Å²) in [4.78, 5) is 24.0. The molecular formula is C21H22N2O4. The molecule has 1 aliphatic rings. The summed E-state index contributed by atoms with van der Waals surface area (Å²) < 4.78 is 10.8. The highest BCUT2D eigenvalue weighted by atomic mass is 16.5. The van der Waals surface area contributed by atoms with E-state index in [1.807, 2.05) is 56.3 Å². The fraction of sp³-hybridized carbons (Fsp3) is 0.238. The van der Waals surface area contributed by atoms with Crippen molar-refractivity contribution in [2.75, 3.05) is 7.11 Å². The SMILES string of the molecule is COC(=O)C1=C(C)NC(=O)NC1c1ccc(Oc2cccc(C)c2C)cc1. The van der Waals surface area contributed by atoms with Crippen LogP contribution in [-0.4, -0.2) is 19.1 Å². The molecule has 0 fully saturated rings. The fourth-order valence-electron chi connectivity index (χ4n) is 3.01.